The number of carbonyl (C=O) groups excluding carboxylic acids is 1. The fraction of sp³-hybridized carbons (Fsp3) is 0.929. The minimum atomic E-state index is -0.610. The van der Waals surface area contributed by atoms with E-state index >= 15 is 0 Å². The first-order valence-electron chi connectivity index (χ1n) is 6.77. The van der Waals surface area contributed by atoms with Crippen molar-refractivity contribution in [2.45, 2.75) is 65.6 Å². The normalized spacial score (nSPS) is 31.3. The first-order valence-corrected chi connectivity index (χ1v) is 6.77. The van der Waals surface area contributed by atoms with Crippen molar-refractivity contribution in [1.82, 2.24) is 0 Å². The third-order valence-electron chi connectivity index (χ3n) is 3.71. The van der Waals surface area contributed by atoms with E-state index in [-0.39, 0.29) is 18.5 Å². The van der Waals surface area contributed by atoms with Crippen LogP contribution in [-0.2, 0) is 9.53 Å². The lowest BCUT2D eigenvalue weighted by molar-refractivity contribution is -0.157. The summed E-state index contributed by atoms with van der Waals surface area (Å²) in [5, 5.41) is 9.18. The third kappa shape index (κ3) is 4.66. The Labute approximate surface area is 105 Å². The zero-order chi connectivity index (χ0) is 13.0. The summed E-state index contributed by atoms with van der Waals surface area (Å²) in [6.07, 6.45) is 2.88. The molecule has 0 spiro atoms. The second-order valence-corrected chi connectivity index (χ2v) is 5.91. The molecule has 0 amide bonds. The minimum Gasteiger partial charge on any atom is -0.462 e. The van der Waals surface area contributed by atoms with Crippen LogP contribution in [0.25, 0.3) is 0 Å². The number of aliphatic hydroxyl groups is 1. The van der Waals surface area contributed by atoms with Gasteiger partial charge in [0.05, 0.1) is 12.5 Å². The zero-order valence-electron chi connectivity index (χ0n) is 11.5. The van der Waals surface area contributed by atoms with Gasteiger partial charge in [-0.2, -0.15) is 0 Å². The van der Waals surface area contributed by atoms with Crippen LogP contribution in [-0.4, -0.2) is 23.3 Å². The predicted octanol–water partition coefficient (Wildman–Crippen LogP) is 2.76. The van der Waals surface area contributed by atoms with Gasteiger partial charge in [0.1, 0.15) is 6.10 Å². The van der Waals surface area contributed by atoms with Gasteiger partial charge in [0, 0.05) is 0 Å². The smallest absolute Gasteiger partial charge is 0.308 e. The second-order valence-electron chi connectivity index (χ2n) is 5.91. The van der Waals surface area contributed by atoms with Gasteiger partial charge < -0.3 is 9.84 Å². The molecule has 3 heteroatoms. The molecule has 1 N–H and O–H groups in total. The van der Waals surface area contributed by atoms with Crippen molar-refractivity contribution in [3.8, 4) is 0 Å². The highest BCUT2D eigenvalue weighted by molar-refractivity contribution is 5.70. The van der Waals surface area contributed by atoms with Crippen LogP contribution in [0.3, 0.4) is 0 Å². The summed E-state index contributed by atoms with van der Waals surface area (Å²) in [6, 6.07) is 0. The molecule has 1 aliphatic carbocycles. The van der Waals surface area contributed by atoms with Gasteiger partial charge in [-0.15, -0.1) is 0 Å². The van der Waals surface area contributed by atoms with Crippen molar-refractivity contribution < 1.29 is 14.6 Å². The number of hydrogen-bond donors (Lipinski definition) is 1. The highest BCUT2D eigenvalue weighted by atomic mass is 16.5. The van der Waals surface area contributed by atoms with Gasteiger partial charge in [-0.1, -0.05) is 27.2 Å². The summed E-state index contributed by atoms with van der Waals surface area (Å²) in [6.45, 7) is 8.21. The Morgan fingerprint density at radius 1 is 1.35 bits per heavy atom. The Morgan fingerprint density at radius 3 is 2.53 bits per heavy atom. The van der Waals surface area contributed by atoms with Crippen LogP contribution in [0.1, 0.15) is 53.4 Å². The first kappa shape index (κ1) is 14.5. The van der Waals surface area contributed by atoms with Gasteiger partial charge in [0.25, 0.3) is 0 Å². The maximum Gasteiger partial charge on any atom is 0.308 e. The van der Waals surface area contributed by atoms with E-state index in [1.165, 1.54) is 6.42 Å². The van der Waals surface area contributed by atoms with Crippen molar-refractivity contribution in [1.29, 1.82) is 0 Å². The van der Waals surface area contributed by atoms with Crippen molar-refractivity contribution in [2.24, 2.45) is 17.8 Å². The molecule has 0 radical (unpaired) electrons. The topological polar surface area (TPSA) is 46.5 Å². The van der Waals surface area contributed by atoms with E-state index in [9.17, 15) is 9.90 Å². The Bertz CT molecular complexity index is 248. The molecule has 1 saturated carbocycles. The number of hydrogen-bond acceptors (Lipinski definition) is 3. The van der Waals surface area contributed by atoms with E-state index in [4.69, 9.17) is 4.74 Å². The van der Waals surface area contributed by atoms with Gasteiger partial charge in [0.2, 0.25) is 0 Å². The van der Waals surface area contributed by atoms with E-state index in [2.05, 4.69) is 20.8 Å². The lowest BCUT2D eigenvalue weighted by Gasteiger charge is -2.36. The summed E-state index contributed by atoms with van der Waals surface area (Å²) in [7, 11) is 0. The highest BCUT2D eigenvalue weighted by Gasteiger charge is 2.33. The molecule has 0 saturated heterocycles. The Morgan fingerprint density at radius 2 is 2.00 bits per heavy atom. The summed E-state index contributed by atoms with van der Waals surface area (Å²) in [5.74, 6) is 1.40. The summed E-state index contributed by atoms with van der Waals surface area (Å²) < 4.78 is 5.55. The van der Waals surface area contributed by atoms with Crippen molar-refractivity contribution in [3.63, 3.8) is 0 Å². The molecule has 0 aliphatic heterocycles. The molecular formula is C14H26O3. The van der Waals surface area contributed by atoms with E-state index < -0.39 is 6.10 Å². The maximum atomic E-state index is 11.6. The quantitative estimate of drug-likeness (QED) is 0.771. The predicted molar refractivity (Wildman–Crippen MR) is 67.5 cm³/mol. The standard InChI is InChI=1S/C14H26O3/c1-9(2)12-6-5-10(3)7-13(12)17-14(16)8-11(4)15/h9-13,15H,5-8H2,1-4H3/t10-,11?,12+,13-/m1/s1. The maximum absolute atomic E-state index is 11.6. The lowest BCUT2D eigenvalue weighted by atomic mass is 9.75. The van der Waals surface area contributed by atoms with Crippen LogP contribution in [0.4, 0.5) is 0 Å². The molecule has 0 bridgehead atoms. The fourth-order valence-corrected chi connectivity index (χ4v) is 2.71. The molecule has 1 fully saturated rings. The van der Waals surface area contributed by atoms with E-state index in [0.29, 0.717) is 17.8 Å². The average Bonchev–Trinajstić information content (AvgIpc) is 2.15. The van der Waals surface area contributed by atoms with Crippen molar-refractivity contribution in [2.75, 3.05) is 0 Å². The van der Waals surface area contributed by atoms with Crippen LogP contribution in [0.5, 0.6) is 0 Å². The van der Waals surface area contributed by atoms with Gasteiger partial charge in [0.15, 0.2) is 0 Å². The Kier molecular flexibility index (Phi) is 5.44. The van der Waals surface area contributed by atoms with Crippen LogP contribution >= 0.6 is 0 Å². The van der Waals surface area contributed by atoms with Gasteiger partial charge in [-0.05, 0) is 37.5 Å². The Balaban J connectivity index is 2.54. The number of esters is 1. The average molecular weight is 242 g/mol. The fourth-order valence-electron chi connectivity index (χ4n) is 2.71. The number of ether oxygens (including phenoxy) is 1. The van der Waals surface area contributed by atoms with Gasteiger partial charge in [-0.3, -0.25) is 4.79 Å². The zero-order valence-corrected chi connectivity index (χ0v) is 11.5. The number of aliphatic hydroxyl groups excluding tert-OH is 1. The van der Waals surface area contributed by atoms with Gasteiger partial charge in [-0.25, -0.2) is 0 Å². The SMILES string of the molecule is CC(O)CC(=O)O[C@@H]1C[C@H](C)CC[C@H]1C(C)C. The summed E-state index contributed by atoms with van der Waals surface area (Å²) in [4.78, 5) is 11.6. The van der Waals surface area contributed by atoms with E-state index in [1.54, 1.807) is 6.92 Å². The Hall–Kier alpha value is -0.570. The molecule has 1 rings (SSSR count). The molecule has 100 valence electrons. The third-order valence-corrected chi connectivity index (χ3v) is 3.71. The largest absolute Gasteiger partial charge is 0.462 e. The second kappa shape index (κ2) is 6.39. The molecular weight excluding hydrogens is 216 g/mol. The molecule has 3 nitrogen and oxygen atoms in total. The van der Waals surface area contributed by atoms with Crippen molar-refractivity contribution in [3.05, 3.63) is 0 Å². The molecule has 0 heterocycles. The molecule has 0 aromatic carbocycles. The van der Waals surface area contributed by atoms with Crippen molar-refractivity contribution >= 4 is 5.97 Å². The van der Waals surface area contributed by atoms with E-state index in [0.717, 1.165) is 12.8 Å². The molecule has 4 atom stereocenters. The minimum absolute atomic E-state index is 0.0463. The molecule has 0 aromatic rings. The van der Waals surface area contributed by atoms with Crippen LogP contribution in [0.15, 0.2) is 0 Å². The van der Waals surface area contributed by atoms with Gasteiger partial charge >= 0.3 is 5.97 Å². The summed E-state index contributed by atoms with van der Waals surface area (Å²) >= 11 is 0. The van der Waals surface area contributed by atoms with Crippen LogP contribution < -0.4 is 0 Å². The number of rotatable bonds is 4. The highest BCUT2D eigenvalue weighted by Crippen LogP contribution is 2.35. The van der Waals surface area contributed by atoms with Crippen LogP contribution in [0.2, 0.25) is 0 Å². The summed E-state index contributed by atoms with van der Waals surface area (Å²) in [5.41, 5.74) is 0. The molecule has 1 aliphatic rings. The molecule has 0 aromatic heterocycles. The first-order chi connectivity index (χ1) is 7.90. The van der Waals surface area contributed by atoms with E-state index in [1.807, 2.05) is 0 Å². The lowest BCUT2D eigenvalue weighted by Crippen LogP contribution is -2.36. The molecule has 17 heavy (non-hydrogen) atoms. The van der Waals surface area contributed by atoms with Crippen LogP contribution in [0, 0.1) is 17.8 Å². The number of carbonyl (C=O) groups is 1. The monoisotopic (exact) mass is 242 g/mol. The molecule has 1 unspecified atom stereocenters.